The summed E-state index contributed by atoms with van der Waals surface area (Å²) in [7, 11) is 0. The molecule has 0 spiro atoms. The summed E-state index contributed by atoms with van der Waals surface area (Å²) >= 11 is 0. The predicted molar refractivity (Wildman–Crippen MR) is 71.9 cm³/mol. The molecule has 2 aliphatic rings. The summed E-state index contributed by atoms with van der Waals surface area (Å²) in [5.41, 5.74) is 0. The smallest absolute Gasteiger partial charge is 0.317 e. The van der Waals surface area contributed by atoms with Gasteiger partial charge in [0.25, 0.3) is 0 Å². The second-order valence-corrected chi connectivity index (χ2v) is 5.87. The zero-order valence-corrected chi connectivity index (χ0v) is 11.6. The molecule has 0 aromatic heterocycles. The Morgan fingerprint density at radius 1 is 1.26 bits per heavy atom. The molecule has 0 bridgehead atoms. The van der Waals surface area contributed by atoms with Crippen molar-refractivity contribution in [1.29, 1.82) is 0 Å². The Bertz CT molecular complexity index is 340. The maximum Gasteiger partial charge on any atom is 0.317 e. The molecule has 0 aromatic carbocycles. The first-order valence-corrected chi connectivity index (χ1v) is 7.37. The second kappa shape index (κ2) is 6.26. The van der Waals surface area contributed by atoms with Crippen LogP contribution < -0.4 is 5.32 Å². The predicted octanol–water partition coefficient (Wildman–Crippen LogP) is 2.07. The van der Waals surface area contributed by atoms with Crippen LogP contribution >= 0.6 is 0 Å². The van der Waals surface area contributed by atoms with Crippen LogP contribution in [0, 0.1) is 11.8 Å². The molecule has 5 nitrogen and oxygen atoms in total. The topological polar surface area (TPSA) is 69.6 Å². The third-order valence-corrected chi connectivity index (χ3v) is 4.49. The monoisotopic (exact) mass is 268 g/mol. The van der Waals surface area contributed by atoms with Crippen molar-refractivity contribution in [1.82, 2.24) is 10.2 Å². The molecule has 2 N–H and O–H groups in total. The lowest BCUT2D eigenvalue weighted by atomic mass is 9.96. The third kappa shape index (κ3) is 3.39. The Labute approximate surface area is 114 Å². The Hall–Kier alpha value is -1.26. The van der Waals surface area contributed by atoms with E-state index in [1.165, 1.54) is 25.7 Å². The molecule has 2 unspecified atom stereocenters. The summed E-state index contributed by atoms with van der Waals surface area (Å²) in [6.45, 7) is 2.64. The highest BCUT2D eigenvalue weighted by molar-refractivity contribution is 5.76. The van der Waals surface area contributed by atoms with Gasteiger partial charge in [-0.05, 0) is 31.6 Å². The molecule has 1 saturated carbocycles. The Balaban J connectivity index is 1.85. The molecule has 2 fully saturated rings. The number of hydrogen-bond acceptors (Lipinski definition) is 2. The van der Waals surface area contributed by atoms with Gasteiger partial charge >= 0.3 is 12.0 Å². The minimum absolute atomic E-state index is 0.0810. The van der Waals surface area contributed by atoms with Crippen LogP contribution in [0.1, 0.15) is 45.4 Å². The lowest BCUT2D eigenvalue weighted by Gasteiger charge is -2.29. The summed E-state index contributed by atoms with van der Waals surface area (Å²) in [6.07, 6.45) is 7.22. The van der Waals surface area contributed by atoms with Crippen molar-refractivity contribution in [3.63, 3.8) is 0 Å². The first-order valence-electron chi connectivity index (χ1n) is 7.37. The van der Waals surface area contributed by atoms with E-state index in [2.05, 4.69) is 5.32 Å². The molecule has 108 valence electrons. The zero-order valence-electron chi connectivity index (χ0n) is 11.6. The molecule has 5 heteroatoms. The molecule has 1 aliphatic heterocycles. The third-order valence-electron chi connectivity index (χ3n) is 4.49. The lowest BCUT2D eigenvalue weighted by Crippen LogP contribution is -2.46. The first-order chi connectivity index (χ1) is 9.09. The van der Waals surface area contributed by atoms with Gasteiger partial charge in [-0.15, -0.1) is 0 Å². The van der Waals surface area contributed by atoms with E-state index in [9.17, 15) is 9.59 Å². The van der Waals surface area contributed by atoms with Gasteiger partial charge in [0.05, 0.1) is 5.92 Å². The van der Waals surface area contributed by atoms with Crippen molar-refractivity contribution in [2.24, 2.45) is 11.8 Å². The molecule has 1 heterocycles. The SMILES string of the molecule is CC(CNC(=O)N1CCCC1C1CCCC1)C(=O)O. The number of hydrogen-bond donors (Lipinski definition) is 2. The molecule has 19 heavy (non-hydrogen) atoms. The van der Waals surface area contributed by atoms with Crippen LogP contribution in [0.4, 0.5) is 4.79 Å². The van der Waals surface area contributed by atoms with Gasteiger partial charge in [-0.1, -0.05) is 19.8 Å². The van der Waals surface area contributed by atoms with E-state index in [0.717, 1.165) is 19.4 Å². The number of nitrogens with one attached hydrogen (secondary N) is 1. The van der Waals surface area contributed by atoms with Crippen LogP contribution in [0.15, 0.2) is 0 Å². The molecule has 2 atom stereocenters. The normalized spacial score (nSPS) is 25.5. The quantitative estimate of drug-likeness (QED) is 0.820. The first kappa shape index (κ1) is 14.2. The number of carboxylic acids is 1. The molecule has 2 rings (SSSR count). The largest absolute Gasteiger partial charge is 0.481 e. The summed E-state index contributed by atoms with van der Waals surface area (Å²) in [5.74, 6) is -0.740. The van der Waals surface area contributed by atoms with Crippen molar-refractivity contribution >= 4 is 12.0 Å². The Morgan fingerprint density at radius 2 is 1.95 bits per heavy atom. The maximum atomic E-state index is 12.2. The molecule has 1 saturated heterocycles. The van der Waals surface area contributed by atoms with E-state index < -0.39 is 11.9 Å². The highest BCUT2D eigenvalue weighted by Gasteiger charge is 2.35. The van der Waals surface area contributed by atoms with Crippen LogP contribution in [0.3, 0.4) is 0 Å². The van der Waals surface area contributed by atoms with E-state index >= 15 is 0 Å². The summed E-state index contributed by atoms with van der Waals surface area (Å²) in [6, 6.07) is 0.296. The van der Waals surface area contributed by atoms with Gasteiger partial charge in [0, 0.05) is 19.1 Å². The molecule has 2 amide bonds. The maximum absolute atomic E-state index is 12.2. The fourth-order valence-corrected chi connectivity index (χ4v) is 3.31. The van der Waals surface area contributed by atoms with Crippen LogP contribution in [0.25, 0.3) is 0 Å². The van der Waals surface area contributed by atoms with Gasteiger partial charge in [0.2, 0.25) is 0 Å². The highest BCUT2D eigenvalue weighted by atomic mass is 16.4. The average Bonchev–Trinajstić information content (AvgIpc) is 3.04. The minimum Gasteiger partial charge on any atom is -0.481 e. The van der Waals surface area contributed by atoms with E-state index in [1.807, 2.05) is 4.90 Å². The zero-order chi connectivity index (χ0) is 13.8. The molecular formula is C14H24N2O3. The molecule has 1 aliphatic carbocycles. The highest BCUT2D eigenvalue weighted by Crippen LogP contribution is 2.35. The van der Waals surface area contributed by atoms with Crippen molar-refractivity contribution in [2.75, 3.05) is 13.1 Å². The number of rotatable bonds is 4. The summed E-state index contributed by atoms with van der Waals surface area (Å²) in [5, 5.41) is 11.6. The number of aliphatic carboxylic acids is 1. The van der Waals surface area contributed by atoms with Gasteiger partial charge < -0.3 is 15.3 Å². The Kier molecular flexibility index (Phi) is 4.66. The number of amides is 2. The van der Waals surface area contributed by atoms with Gasteiger partial charge in [-0.2, -0.15) is 0 Å². The van der Waals surface area contributed by atoms with Crippen molar-refractivity contribution in [2.45, 2.75) is 51.5 Å². The summed E-state index contributed by atoms with van der Waals surface area (Å²) in [4.78, 5) is 24.8. The van der Waals surface area contributed by atoms with Gasteiger partial charge in [0.1, 0.15) is 0 Å². The number of urea groups is 1. The lowest BCUT2D eigenvalue weighted by molar-refractivity contribution is -0.140. The standard InChI is InChI=1S/C14H24N2O3/c1-10(13(17)18)9-15-14(19)16-8-4-7-12(16)11-5-2-3-6-11/h10-12H,2-9H2,1H3,(H,15,19)(H,17,18). The van der Waals surface area contributed by atoms with Crippen LogP contribution in [0.2, 0.25) is 0 Å². The number of carbonyl (C=O) groups excluding carboxylic acids is 1. The van der Waals surface area contributed by atoms with Gasteiger partial charge in [-0.3, -0.25) is 4.79 Å². The molecule has 0 aromatic rings. The van der Waals surface area contributed by atoms with Crippen LogP contribution in [-0.2, 0) is 4.79 Å². The van der Waals surface area contributed by atoms with E-state index in [4.69, 9.17) is 5.11 Å². The van der Waals surface area contributed by atoms with Crippen LogP contribution in [-0.4, -0.2) is 41.1 Å². The fourth-order valence-electron chi connectivity index (χ4n) is 3.31. The summed E-state index contributed by atoms with van der Waals surface area (Å²) < 4.78 is 0. The van der Waals surface area contributed by atoms with Crippen molar-refractivity contribution in [3.05, 3.63) is 0 Å². The van der Waals surface area contributed by atoms with E-state index in [0.29, 0.717) is 12.0 Å². The van der Waals surface area contributed by atoms with Gasteiger partial charge in [-0.25, -0.2) is 4.79 Å². The van der Waals surface area contributed by atoms with Crippen molar-refractivity contribution in [3.8, 4) is 0 Å². The molecule has 0 radical (unpaired) electrons. The number of nitrogens with zero attached hydrogens (tertiary/aromatic N) is 1. The number of carboxylic acid groups (broad SMARTS) is 1. The molecular weight excluding hydrogens is 244 g/mol. The van der Waals surface area contributed by atoms with Gasteiger partial charge in [0.15, 0.2) is 0 Å². The number of carbonyl (C=O) groups is 2. The Morgan fingerprint density at radius 3 is 2.58 bits per heavy atom. The second-order valence-electron chi connectivity index (χ2n) is 5.87. The fraction of sp³-hybridized carbons (Fsp3) is 0.857. The van der Waals surface area contributed by atoms with E-state index in [-0.39, 0.29) is 12.6 Å². The minimum atomic E-state index is -0.867. The van der Waals surface area contributed by atoms with Crippen molar-refractivity contribution < 1.29 is 14.7 Å². The van der Waals surface area contributed by atoms with E-state index in [1.54, 1.807) is 6.92 Å². The average molecular weight is 268 g/mol. The number of likely N-dealkylation sites (tertiary alicyclic amines) is 1. The van der Waals surface area contributed by atoms with Crippen LogP contribution in [0.5, 0.6) is 0 Å².